The molecule has 1 heterocycles. The standard InChI is InChI=1S/C14H13BrN2O2/c15-13-3-1-2-11(9-13)8-12(10-16)14(18)17-4-6-19-7-5-17/h1-3,8-9H,4-7H2/b12-8+. The van der Waals surface area contributed by atoms with Crippen LogP contribution in [0.1, 0.15) is 5.56 Å². The molecule has 5 heteroatoms. The Kier molecular flexibility index (Phi) is 4.72. The highest BCUT2D eigenvalue weighted by Gasteiger charge is 2.20. The number of carbonyl (C=O) groups is 1. The summed E-state index contributed by atoms with van der Waals surface area (Å²) >= 11 is 3.36. The van der Waals surface area contributed by atoms with Crippen LogP contribution in [0.15, 0.2) is 34.3 Å². The van der Waals surface area contributed by atoms with Gasteiger partial charge < -0.3 is 9.64 Å². The van der Waals surface area contributed by atoms with Crippen molar-refractivity contribution in [1.29, 1.82) is 5.26 Å². The molecule has 1 aromatic carbocycles. The van der Waals surface area contributed by atoms with Crippen molar-refractivity contribution in [2.75, 3.05) is 26.3 Å². The Hall–Kier alpha value is -1.64. The fourth-order valence-corrected chi connectivity index (χ4v) is 2.26. The fraction of sp³-hybridized carbons (Fsp3) is 0.286. The Labute approximate surface area is 120 Å². The predicted octanol–water partition coefficient (Wildman–Crippen LogP) is 2.21. The van der Waals surface area contributed by atoms with E-state index >= 15 is 0 Å². The molecular formula is C14H13BrN2O2. The van der Waals surface area contributed by atoms with Crippen LogP contribution in [0.25, 0.3) is 6.08 Å². The van der Waals surface area contributed by atoms with Crippen molar-refractivity contribution >= 4 is 27.9 Å². The minimum atomic E-state index is -0.231. The summed E-state index contributed by atoms with van der Waals surface area (Å²) in [4.78, 5) is 13.8. The van der Waals surface area contributed by atoms with Crippen LogP contribution in [0.2, 0.25) is 0 Å². The van der Waals surface area contributed by atoms with Crippen molar-refractivity contribution in [3.63, 3.8) is 0 Å². The first-order valence-electron chi connectivity index (χ1n) is 5.95. The normalized spacial score (nSPS) is 16.0. The molecule has 1 fully saturated rings. The van der Waals surface area contributed by atoms with Crippen LogP contribution in [-0.4, -0.2) is 37.1 Å². The number of carbonyl (C=O) groups excluding carboxylic acids is 1. The van der Waals surface area contributed by atoms with E-state index in [2.05, 4.69) is 15.9 Å². The van der Waals surface area contributed by atoms with Crippen LogP contribution >= 0.6 is 15.9 Å². The summed E-state index contributed by atoms with van der Waals surface area (Å²) in [5.74, 6) is -0.231. The molecule has 0 spiro atoms. The summed E-state index contributed by atoms with van der Waals surface area (Å²) in [6.07, 6.45) is 1.61. The van der Waals surface area contributed by atoms with E-state index in [1.54, 1.807) is 11.0 Å². The monoisotopic (exact) mass is 320 g/mol. The van der Waals surface area contributed by atoms with Gasteiger partial charge in [-0.1, -0.05) is 28.1 Å². The maximum Gasteiger partial charge on any atom is 0.264 e. The average molecular weight is 321 g/mol. The number of morpholine rings is 1. The summed E-state index contributed by atoms with van der Waals surface area (Å²) < 4.78 is 6.11. The summed E-state index contributed by atoms with van der Waals surface area (Å²) in [7, 11) is 0. The van der Waals surface area contributed by atoms with Crippen LogP contribution in [0.4, 0.5) is 0 Å². The van der Waals surface area contributed by atoms with Gasteiger partial charge in [0.15, 0.2) is 0 Å². The average Bonchev–Trinajstić information content (AvgIpc) is 2.45. The first kappa shape index (κ1) is 13.8. The van der Waals surface area contributed by atoms with Crippen molar-refractivity contribution in [3.05, 3.63) is 39.9 Å². The number of rotatable bonds is 2. The van der Waals surface area contributed by atoms with Gasteiger partial charge in [-0.05, 0) is 23.8 Å². The first-order chi connectivity index (χ1) is 9.20. The molecular weight excluding hydrogens is 308 g/mol. The maximum absolute atomic E-state index is 12.2. The lowest BCUT2D eigenvalue weighted by molar-refractivity contribution is -0.130. The third-order valence-electron chi connectivity index (χ3n) is 2.81. The van der Waals surface area contributed by atoms with E-state index in [1.807, 2.05) is 30.3 Å². The molecule has 0 N–H and O–H groups in total. The minimum absolute atomic E-state index is 0.153. The highest BCUT2D eigenvalue weighted by Crippen LogP contribution is 2.15. The second-order valence-corrected chi connectivity index (χ2v) is 5.05. The molecule has 19 heavy (non-hydrogen) atoms. The Morgan fingerprint density at radius 3 is 2.79 bits per heavy atom. The van der Waals surface area contributed by atoms with Gasteiger partial charge in [0.05, 0.1) is 13.2 Å². The molecule has 0 aliphatic carbocycles. The molecule has 4 nitrogen and oxygen atoms in total. The van der Waals surface area contributed by atoms with Crippen molar-refractivity contribution in [2.45, 2.75) is 0 Å². The van der Waals surface area contributed by atoms with Crippen LogP contribution in [-0.2, 0) is 9.53 Å². The molecule has 98 valence electrons. The van der Waals surface area contributed by atoms with Crippen molar-refractivity contribution in [2.24, 2.45) is 0 Å². The molecule has 0 radical (unpaired) electrons. The van der Waals surface area contributed by atoms with E-state index in [-0.39, 0.29) is 11.5 Å². The number of ether oxygens (including phenoxy) is 1. The number of halogens is 1. The van der Waals surface area contributed by atoms with E-state index in [4.69, 9.17) is 10.00 Å². The maximum atomic E-state index is 12.2. The van der Waals surface area contributed by atoms with Crippen molar-refractivity contribution < 1.29 is 9.53 Å². The Morgan fingerprint density at radius 1 is 1.42 bits per heavy atom. The van der Waals surface area contributed by atoms with Crippen molar-refractivity contribution in [1.82, 2.24) is 4.90 Å². The Morgan fingerprint density at radius 2 is 2.16 bits per heavy atom. The van der Waals surface area contributed by atoms with Gasteiger partial charge in [-0.2, -0.15) is 5.26 Å². The highest BCUT2D eigenvalue weighted by atomic mass is 79.9. The Bertz CT molecular complexity index is 543. The quantitative estimate of drug-likeness (QED) is 0.620. The number of nitriles is 1. The second kappa shape index (κ2) is 6.50. The molecule has 0 unspecified atom stereocenters. The number of hydrogen-bond acceptors (Lipinski definition) is 3. The van der Waals surface area contributed by atoms with Crippen LogP contribution < -0.4 is 0 Å². The molecule has 1 amide bonds. The fourth-order valence-electron chi connectivity index (χ4n) is 1.84. The summed E-state index contributed by atoms with van der Waals surface area (Å²) in [6.45, 7) is 2.13. The molecule has 2 rings (SSSR count). The van der Waals surface area contributed by atoms with Crippen LogP contribution in [0.5, 0.6) is 0 Å². The van der Waals surface area contributed by atoms with Gasteiger partial charge >= 0.3 is 0 Å². The van der Waals surface area contributed by atoms with Crippen LogP contribution in [0.3, 0.4) is 0 Å². The van der Waals surface area contributed by atoms with Crippen LogP contribution in [0, 0.1) is 11.3 Å². The third kappa shape index (κ3) is 3.66. The van der Waals surface area contributed by atoms with Gasteiger partial charge in [-0.15, -0.1) is 0 Å². The lowest BCUT2D eigenvalue weighted by Crippen LogP contribution is -2.41. The van der Waals surface area contributed by atoms with E-state index in [9.17, 15) is 4.79 Å². The van der Waals surface area contributed by atoms with Gasteiger partial charge in [0.2, 0.25) is 0 Å². The summed E-state index contributed by atoms with van der Waals surface area (Å²) in [5, 5.41) is 9.15. The molecule has 0 saturated carbocycles. The lowest BCUT2D eigenvalue weighted by atomic mass is 10.1. The number of hydrogen-bond donors (Lipinski definition) is 0. The van der Waals surface area contributed by atoms with Gasteiger partial charge in [0, 0.05) is 17.6 Å². The second-order valence-electron chi connectivity index (χ2n) is 4.13. The van der Waals surface area contributed by atoms with E-state index in [0.717, 1.165) is 10.0 Å². The SMILES string of the molecule is N#C/C(=C\c1cccc(Br)c1)C(=O)N1CCOCC1. The van der Waals surface area contributed by atoms with E-state index < -0.39 is 0 Å². The first-order valence-corrected chi connectivity index (χ1v) is 6.74. The largest absolute Gasteiger partial charge is 0.378 e. The van der Waals surface area contributed by atoms with Gasteiger partial charge in [0.25, 0.3) is 5.91 Å². The smallest absolute Gasteiger partial charge is 0.264 e. The third-order valence-corrected chi connectivity index (χ3v) is 3.30. The molecule has 0 bridgehead atoms. The van der Waals surface area contributed by atoms with Gasteiger partial charge in [-0.25, -0.2) is 0 Å². The highest BCUT2D eigenvalue weighted by molar-refractivity contribution is 9.10. The summed E-state index contributed by atoms with van der Waals surface area (Å²) in [5.41, 5.74) is 0.979. The van der Waals surface area contributed by atoms with E-state index in [1.165, 1.54) is 0 Å². The molecule has 1 aliphatic heterocycles. The Balaban J connectivity index is 2.19. The van der Waals surface area contributed by atoms with Crippen molar-refractivity contribution in [3.8, 4) is 6.07 Å². The molecule has 1 aromatic rings. The molecule has 0 aromatic heterocycles. The summed E-state index contributed by atoms with van der Waals surface area (Å²) in [6, 6.07) is 9.46. The van der Waals surface area contributed by atoms with Gasteiger partial charge in [0.1, 0.15) is 11.6 Å². The van der Waals surface area contributed by atoms with E-state index in [0.29, 0.717) is 26.3 Å². The molecule has 0 atom stereocenters. The predicted molar refractivity (Wildman–Crippen MR) is 75.1 cm³/mol. The number of benzene rings is 1. The number of amides is 1. The topological polar surface area (TPSA) is 53.3 Å². The zero-order chi connectivity index (χ0) is 13.7. The minimum Gasteiger partial charge on any atom is -0.378 e. The van der Waals surface area contributed by atoms with Gasteiger partial charge in [-0.3, -0.25) is 4.79 Å². The molecule has 1 aliphatic rings. The zero-order valence-corrected chi connectivity index (χ0v) is 11.9. The zero-order valence-electron chi connectivity index (χ0n) is 10.3. The number of nitrogens with zero attached hydrogens (tertiary/aromatic N) is 2. The lowest BCUT2D eigenvalue weighted by Gasteiger charge is -2.26. The molecule has 1 saturated heterocycles.